The molecule has 1 aromatic heterocycles. The SMILES string of the molecule is O=C1CCC(N2Cc3c(cc(F)cc3C3CCN(Cc4cccc(-n5ccnc5)c4)CC3)C2=O)C(=O)N1. The summed E-state index contributed by atoms with van der Waals surface area (Å²) in [4.78, 5) is 45.2. The van der Waals surface area contributed by atoms with Gasteiger partial charge in [-0.2, -0.15) is 0 Å². The first-order chi connectivity index (χ1) is 18.0. The van der Waals surface area contributed by atoms with Crippen molar-refractivity contribution in [3.8, 4) is 5.69 Å². The second-order valence-corrected chi connectivity index (χ2v) is 10.1. The number of amides is 3. The Hall–Kier alpha value is -3.85. The van der Waals surface area contributed by atoms with Gasteiger partial charge in [0.15, 0.2) is 0 Å². The minimum atomic E-state index is -0.701. The van der Waals surface area contributed by atoms with E-state index in [2.05, 4.69) is 39.5 Å². The monoisotopic (exact) mass is 501 g/mol. The number of carbonyl (C=O) groups is 3. The number of likely N-dealkylation sites (tertiary alicyclic amines) is 1. The van der Waals surface area contributed by atoms with Gasteiger partial charge in [0.2, 0.25) is 11.8 Å². The minimum Gasteiger partial charge on any atom is -0.322 e. The Balaban J connectivity index is 1.15. The summed E-state index contributed by atoms with van der Waals surface area (Å²) in [6.45, 7) is 2.85. The summed E-state index contributed by atoms with van der Waals surface area (Å²) in [6, 6.07) is 10.6. The Bertz CT molecular complexity index is 1360. The van der Waals surface area contributed by atoms with E-state index >= 15 is 0 Å². The van der Waals surface area contributed by atoms with E-state index in [9.17, 15) is 18.8 Å². The van der Waals surface area contributed by atoms with Crippen molar-refractivity contribution >= 4 is 17.7 Å². The normalized spacial score (nSPS) is 20.8. The Morgan fingerprint density at radius 3 is 2.65 bits per heavy atom. The molecule has 0 saturated carbocycles. The highest BCUT2D eigenvalue weighted by molar-refractivity contribution is 6.05. The summed E-state index contributed by atoms with van der Waals surface area (Å²) in [6.07, 6.45) is 7.69. The molecule has 37 heavy (non-hydrogen) atoms. The molecule has 1 N–H and O–H groups in total. The summed E-state index contributed by atoms with van der Waals surface area (Å²) in [7, 11) is 0. The lowest BCUT2D eigenvalue weighted by Gasteiger charge is -2.33. The van der Waals surface area contributed by atoms with Gasteiger partial charge in [-0.3, -0.25) is 24.6 Å². The van der Waals surface area contributed by atoms with Crippen LogP contribution in [0, 0.1) is 5.82 Å². The van der Waals surface area contributed by atoms with E-state index in [1.807, 2.05) is 10.8 Å². The van der Waals surface area contributed by atoms with Crippen molar-refractivity contribution < 1.29 is 18.8 Å². The maximum absolute atomic E-state index is 14.7. The van der Waals surface area contributed by atoms with Gasteiger partial charge in [0, 0.05) is 43.2 Å². The van der Waals surface area contributed by atoms with Gasteiger partial charge in [0.25, 0.3) is 5.91 Å². The van der Waals surface area contributed by atoms with Crippen LogP contribution in [-0.2, 0) is 22.7 Å². The van der Waals surface area contributed by atoms with Crippen LogP contribution in [0.15, 0.2) is 55.1 Å². The lowest BCUT2D eigenvalue weighted by Crippen LogP contribution is -2.52. The Morgan fingerprint density at radius 1 is 1.05 bits per heavy atom. The molecule has 3 aliphatic heterocycles. The molecule has 0 radical (unpaired) electrons. The topological polar surface area (TPSA) is 87.5 Å². The standard InChI is InChI=1S/C28H28FN5O3/c29-20-13-22(24-16-34(28(37)23(24)14-20)25-4-5-26(35)31-27(25)36)19-6-9-32(10-7-19)15-18-2-1-3-21(12-18)33-11-8-30-17-33/h1-3,8,11-14,17,19,25H,4-7,9-10,15-16H2,(H,31,35,36). The number of nitrogens with one attached hydrogen (secondary N) is 1. The highest BCUT2D eigenvalue weighted by Crippen LogP contribution is 2.38. The zero-order valence-electron chi connectivity index (χ0n) is 20.4. The number of benzene rings is 2. The molecule has 3 amide bonds. The number of piperidine rings is 2. The number of hydrogen-bond acceptors (Lipinski definition) is 5. The van der Waals surface area contributed by atoms with Gasteiger partial charge in [-0.15, -0.1) is 0 Å². The largest absolute Gasteiger partial charge is 0.322 e. The van der Waals surface area contributed by atoms with Crippen LogP contribution in [0.1, 0.15) is 58.6 Å². The highest BCUT2D eigenvalue weighted by Gasteiger charge is 2.41. The average Bonchev–Trinajstić information content (AvgIpc) is 3.54. The first kappa shape index (κ1) is 23.5. The first-order valence-corrected chi connectivity index (χ1v) is 12.7. The fraction of sp³-hybridized carbons (Fsp3) is 0.357. The molecule has 0 spiro atoms. The molecular weight excluding hydrogens is 473 g/mol. The van der Waals surface area contributed by atoms with Gasteiger partial charge >= 0.3 is 0 Å². The number of aromatic nitrogens is 2. The van der Waals surface area contributed by atoms with Gasteiger partial charge in [-0.1, -0.05) is 12.1 Å². The summed E-state index contributed by atoms with van der Waals surface area (Å²) < 4.78 is 16.6. The van der Waals surface area contributed by atoms with Crippen molar-refractivity contribution in [2.75, 3.05) is 13.1 Å². The first-order valence-electron chi connectivity index (χ1n) is 12.7. The van der Waals surface area contributed by atoms with Crippen LogP contribution in [-0.4, -0.2) is 56.2 Å². The third-order valence-corrected chi connectivity index (χ3v) is 7.80. The molecule has 3 aliphatic rings. The summed E-state index contributed by atoms with van der Waals surface area (Å²) in [5, 5.41) is 2.32. The minimum absolute atomic E-state index is 0.146. The van der Waals surface area contributed by atoms with Crippen LogP contribution in [0.5, 0.6) is 0 Å². The Kier molecular flexibility index (Phi) is 6.08. The highest BCUT2D eigenvalue weighted by atomic mass is 19.1. The average molecular weight is 502 g/mol. The number of rotatable bonds is 5. The number of halogens is 1. The third kappa shape index (κ3) is 4.55. The second kappa shape index (κ2) is 9.55. The van der Waals surface area contributed by atoms with E-state index in [0.717, 1.165) is 49.3 Å². The van der Waals surface area contributed by atoms with Crippen LogP contribution in [0.25, 0.3) is 5.69 Å². The molecule has 4 heterocycles. The van der Waals surface area contributed by atoms with Gasteiger partial charge in [-0.25, -0.2) is 9.37 Å². The molecule has 2 aromatic carbocycles. The van der Waals surface area contributed by atoms with Crippen molar-refractivity contribution in [3.05, 3.63) is 83.2 Å². The fourth-order valence-electron chi connectivity index (χ4n) is 5.91. The molecule has 8 nitrogen and oxygen atoms in total. The Labute approximate surface area is 214 Å². The predicted octanol–water partition coefficient (Wildman–Crippen LogP) is 3.15. The maximum atomic E-state index is 14.7. The van der Waals surface area contributed by atoms with E-state index in [4.69, 9.17) is 0 Å². The number of hydrogen-bond donors (Lipinski definition) is 1. The van der Waals surface area contributed by atoms with Crippen molar-refractivity contribution in [1.82, 2.24) is 24.7 Å². The third-order valence-electron chi connectivity index (χ3n) is 7.80. The molecule has 6 rings (SSSR count). The fourth-order valence-corrected chi connectivity index (χ4v) is 5.91. The molecule has 190 valence electrons. The van der Waals surface area contributed by atoms with E-state index < -0.39 is 17.8 Å². The van der Waals surface area contributed by atoms with Gasteiger partial charge in [0.05, 0.1) is 6.33 Å². The van der Waals surface area contributed by atoms with Gasteiger partial charge < -0.3 is 9.47 Å². The van der Waals surface area contributed by atoms with Crippen LogP contribution in [0.3, 0.4) is 0 Å². The zero-order valence-corrected chi connectivity index (χ0v) is 20.4. The van der Waals surface area contributed by atoms with E-state index in [-0.39, 0.29) is 30.7 Å². The van der Waals surface area contributed by atoms with Crippen molar-refractivity contribution in [2.24, 2.45) is 0 Å². The molecule has 1 unspecified atom stereocenters. The van der Waals surface area contributed by atoms with E-state index in [1.165, 1.54) is 16.5 Å². The van der Waals surface area contributed by atoms with E-state index in [1.54, 1.807) is 18.6 Å². The molecule has 9 heteroatoms. The number of fused-ring (bicyclic) bond motifs is 1. The van der Waals surface area contributed by atoms with Crippen molar-refractivity contribution in [1.29, 1.82) is 0 Å². The smallest absolute Gasteiger partial charge is 0.255 e. The molecular formula is C28H28FN5O3. The number of nitrogens with zero attached hydrogens (tertiary/aromatic N) is 4. The molecule has 1 atom stereocenters. The Morgan fingerprint density at radius 2 is 1.89 bits per heavy atom. The molecule has 2 saturated heterocycles. The van der Waals surface area contributed by atoms with Crippen LogP contribution in [0.2, 0.25) is 0 Å². The summed E-state index contributed by atoms with van der Waals surface area (Å²) in [5.74, 6) is -1.39. The number of imidazole rings is 1. The summed E-state index contributed by atoms with van der Waals surface area (Å²) >= 11 is 0. The summed E-state index contributed by atoms with van der Waals surface area (Å²) in [5.41, 5.74) is 4.34. The quantitative estimate of drug-likeness (QED) is 0.543. The number of carbonyl (C=O) groups excluding carboxylic acids is 3. The van der Waals surface area contributed by atoms with Gasteiger partial charge in [0.1, 0.15) is 11.9 Å². The van der Waals surface area contributed by atoms with Gasteiger partial charge in [-0.05, 0) is 79.2 Å². The predicted molar refractivity (Wildman–Crippen MR) is 133 cm³/mol. The zero-order chi connectivity index (χ0) is 25.5. The maximum Gasteiger partial charge on any atom is 0.255 e. The molecule has 0 bridgehead atoms. The van der Waals surface area contributed by atoms with Crippen LogP contribution in [0.4, 0.5) is 4.39 Å². The second-order valence-electron chi connectivity index (χ2n) is 10.1. The lowest BCUT2D eigenvalue weighted by atomic mass is 9.85. The van der Waals surface area contributed by atoms with E-state index in [0.29, 0.717) is 12.0 Å². The number of imide groups is 1. The molecule has 2 fully saturated rings. The van der Waals surface area contributed by atoms with Crippen molar-refractivity contribution in [2.45, 2.75) is 50.7 Å². The van der Waals surface area contributed by atoms with Crippen LogP contribution < -0.4 is 5.32 Å². The molecule has 0 aliphatic carbocycles. The van der Waals surface area contributed by atoms with Crippen LogP contribution >= 0.6 is 0 Å². The lowest BCUT2D eigenvalue weighted by molar-refractivity contribution is -0.136. The molecule has 3 aromatic rings. The van der Waals surface area contributed by atoms with Crippen molar-refractivity contribution in [3.63, 3.8) is 0 Å².